The Hall–Kier alpha value is -2.44. The van der Waals surface area contributed by atoms with E-state index in [2.05, 4.69) is 20.9 Å². The highest BCUT2D eigenvalue weighted by Crippen LogP contribution is 2.13. The van der Waals surface area contributed by atoms with Gasteiger partial charge in [-0.2, -0.15) is 0 Å². The Morgan fingerprint density at radius 3 is 2.92 bits per heavy atom. The SMILES string of the molecule is O=C(/C=C/c1cccc(Br)c1)OCc1cc(=O)n2cc(Cl)ccc2n1. The lowest BCUT2D eigenvalue weighted by molar-refractivity contribution is -0.139. The largest absolute Gasteiger partial charge is 0.456 e. The van der Waals surface area contributed by atoms with Crippen molar-refractivity contribution in [3.63, 3.8) is 0 Å². The number of rotatable bonds is 4. The van der Waals surface area contributed by atoms with E-state index in [1.165, 1.54) is 22.7 Å². The van der Waals surface area contributed by atoms with Gasteiger partial charge in [0.15, 0.2) is 0 Å². The first-order valence-corrected chi connectivity index (χ1v) is 8.46. The van der Waals surface area contributed by atoms with Crippen LogP contribution >= 0.6 is 27.5 Å². The molecule has 5 nitrogen and oxygen atoms in total. The zero-order valence-electron chi connectivity index (χ0n) is 12.9. The Labute approximate surface area is 156 Å². The van der Waals surface area contributed by atoms with Crippen LogP contribution in [0.5, 0.6) is 0 Å². The number of pyridine rings is 1. The lowest BCUT2D eigenvalue weighted by atomic mass is 10.2. The molecule has 0 saturated carbocycles. The fourth-order valence-electron chi connectivity index (χ4n) is 2.17. The molecular formula is C18H12BrClN2O3. The van der Waals surface area contributed by atoms with Gasteiger partial charge in [-0.3, -0.25) is 9.20 Å². The quantitative estimate of drug-likeness (QED) is 0.476. The second-order valence-corrected chi connectivity index (χ2v) is 6.51. The number of carbonyl (C=O) groups is 1. The molecule has 0 radical (unpaired) electrons. The highest BCUT2D eigenvalue weighted by Gasteiger charge is 2.05. The lowest BCUT2D eigenvalue weighted by Gasteiger charge is -2.05. The topological polar surface area (TPSA) is 60.7 Å². The zero-order valence-corrected chi connectivity index (χ0v) is 15.2. The van der Waals surface area contributed by atoms with Gasteiger partial charge in [0.05, 0.1) is 10.7 Å². The molecule has 7 heteroatoms. The van der Waals surface area contributed by atoms with Crippen LogP contribution in [-0.4, -0.2) is 15.4 Å². The average Bonchev–Trinajstić information content (AvgIpc) is 2.59. The summed E-state index contributed by atoms with van der Waals surface area (Å²) in [5, 5.41) is 0.438. The molecule has 0 fully saturated rings. The summed E-state index contributed by atoms with van der Waals surface area (Å²) in [5.74, 6) is -0.516. The molecule has 0 N–H and O–H groups in total. The van der Waals surface area contributed by atoms with Gasteiger partial charge in [0.1, 0.15) is 12.3 Å². The number of benzene rings is 1. The molecule has 25 heavy (non-hydrogen) atoms. The molecule has 2 aromatic heterocycles. The Kier molecular flexibility index (Phi) is 5.31. The van der Waals surface area contributed by atoms with Gasteiger partial charge in [-0.05, 0) is 35.9 Å². The van der Waals surface area contributed by atoms with Crippen molar-refractivity contribution in [1.82, 2.24) is 9.38 Å². The summed E-state index contributed by atoms with van der Waals surface area (Å²) in [4.78, 5) is 28.1. The predicted octanol–water partition coefficient (Wildman–Crippen LogP) is 3.87. The first-order chi connectivity index (χ1) is 12.0. The van der Waals surface area contributed by atoms with E-state index in [0.717, 1.165) is 10.0 Å². The maximum Gasteiger partial charge on any atom is 0.331 e. The van der Waals surface area contributed by atoms with Crippen LogP contribution in [0, 0.1) is 0 Å². The second kappa shape index (κ2) is 7.63. The van der Waals surface area contributed by atoms with Crippen molar-refractivity contribution in [1.29, 1.82) is 0 Å². The minimum Gasteiger partial charge on any atom is -0.456 e. The smallest absolute Gasteiger partial charge is 0.331 e. The third-order valence-electron chi connectivity index (χ3n) is 3.30. The summed E-state index contributed by atoms with van der Waals surface area (Å²) in [6.45, 7) is -0.0873. The molecule has 3 aromatic rings. The average molecular weight is 420 g/mol. The predicted molar refractivity (Wildman–Crippen MR) is 99.4 cm³/mol. The van der Waals surface area contributed by atoms with Gasteiger partial charge < -0.3 is 4.74 Å². The van der Waals surface area contributed by atoms with E-state index in [0.29, 0.717) is 16.4 Å². The van der Waals surface area contributed by atoms with E-state index >= 15 is 0 Å². The summed E-state index contributed by atoms with van der Waals surface area (Å²) in [6.07, 6.45) is 4.47. The van der Waals surface area contributed by atoms with E-state index in [9.17, 15) is 9.59 Å². The summed E-state index contributed by atoms with van der Waals surface area (Å²) in [7, 11) is 0. The van der Waals surface area contributed by atoms with Crippen LogP contribution in [0.15, 0.2) is 64.0 Å². The third-order valence-corrected chi connectivity index (χ3v) is 4.02. The first-order valence-electron chi connectivity index (χ1n) is 7.29. The third kappa shape index (κ3) is 4.55. The Bertz CT molecular complexity index is 1030. The molecule has 0 spiro atoms. The molecule has 0 aliphatic heterocycles. The van der Waals surface area contributed by atoms with E-state index < -0.39 is 5.97 Å². The van der Waals surface area contributed by atoms with Crippen molar-refractivity contribution < 1.29 is 9.53 Å². The summed E-state index contributed by atoms with van der Waals surface area (Å²) < 4.78 is 7.39. The van der Waals surface area contributed by atoms with E-state index in [1.54, 1.807) is 18.2 Å². The fraction of sp³-hybridized carbons (Fsp3) is 0.0556. The maximum absolute atomic E-state index is 12.0. The number of hydrogen-bond acceptors (Lipinski definition) is 4. The van der Waals surface area contributed by atoms with Crippen molar-refractivity contribution in [2.24, 2.45) is 0 Å². The van der Waals surface area contributed by atoms with Crippen molar-refractivity contribution in [2.45, 2.75) is 6.61 Å². The Balaban J connectivity index is 1.69. The number of hydrogen-bond donors (Lipinski definition) is 0. The fourth-order valence-corrected chi connectivity index (χ4v) is 2.75. The van der Waals surface area contributed by atoms with Crippen LogP contribution in [-0.2, 0) is 16.1 Å². The maximum atomic E-state index is 12.0. The van der Waals surface area contributed by atoms with Gasteiger partial charge in [0, 0.05) is 22.8 Å². The number of aromatic nitrogens is 2. The standard InChI is InChI=1S/C18H12BrClN2O3/c19-13-3-1-2-12(8-13)4-7-18(24)25-11-15-9-17(23)22-10-14(20)5-6-16(22)21-15/h1-10H,11H2/b7-4+. The van der Waals surface area contributed by atoms with Crippen LogP contribution < -0.4 is 5.56 Å². The van der Waals surface area contributed by atoms with Gasteiger partial charge in [-0.1, -0.05) is 39.7 Å². The number of ether oxygens (including phenoxy) is 1. The molecule has 0 amide bonds. The minimum atomic E-state index is -0.516. The molecule has 0 bridgehead atoms. The molecule has 0 atom stereocenters. The Morgan fingerprint density at radius 2 is 2.12 bits per heavy atom. The van der Waals surface area contributed by atoms with Crippen LogP contribution in [0.4, 0.5) is 0 Å². The van der Waals surface area contributed by atoms with Crippen molar-refractivity contribution in [2.75, 3.05) is 0 Å². The highest BCUT2D eigenvalue weighted by molar-refractivity contribution is 9.10. The molecule has 0 unspecified atom stereocenters. The van der Waals surface area contributed by atoms with Gasteiger partial charge >= 0.3 is 5.97 Å². The molecule has 0 aliphatic carbocycles. The molecule has 3 rings (SSSR count). The van der Waals surface area contributed by atoms with Crippen molar-refractivity contribution in [3.8, 4) is 0 Å². The summed E-state index contributed by atoms with van der Waals surface area (Å²) in [6, 6.07) is 12.1. The van der Waals surface area contributed by atoms with Crippen molar-refractivity contribution >= 4 is 45.2 Å². The normalized spacial score (nSPS) is 11.1. The van der Waals surface area contributed by atoms with Crippen LogP contribution in [0.1, 0.15) is 11.3 Å². The molecule has 0 saturated heterocycles. The van der Waals surface area contributed by atoms with Gasteiger partial charge in [0.25, 0.3) is 5.56 Å². The number of halogens is 2. The van der Waals surface area contributed by atoms with E-state index in [-0.39, 0.29) is 12.2 Å². The van der Waals surface area contributed by atoms with Crippen LogP contribution in [0.2, 0.25) is 5.02 Å². The summed E-state index contributed by atoms with van der Waals surface area (Å²) >= 11 is 9.22. The monoisotopic (exact) mass is 418 g/mol. The number of esters is 1. The number of carbonyl (C=O) groups excluding carboxylic acids is 1. The highest BCUT2D eigenvalue weighted by atomic mass is 79.9. The van der Waals surface area contributed by atoms with Crippen LogP contribution in [0.25, 0.3) is 11.7 Å². The number of nitrogens with zero attached hydrogens (tertiary/aromatic N) is 2. The minimum absolute atomic E-state index is 0.0873. The second-order valence-electron chi connectivity index (χ2n) is 5.16. The lowest BCUT2D eigenvalue weighted by Crippen LogP contribution is -2.16. The van der Waals surface area contributed by atoms with Gasteiger partial charge in [0.2, 0.25) is 0 Å². The molecule has 1 aromatic carbocycles. The molecule has 126 valence electrons. The number of fused-ring (bicyclic) bond motifs is 1. The Morgan fingerprint density at radius 1 is 1.28 bits per heavy atom. The van der Waals surface area contributed by atoms with Crippen molar-refractivity contribution in [3.05, 3.63) is 85.8 Å². The van der Waals surface area contributed by atoms with E-state index in [4.69, 9.17) is 16.3 Å². The van der Waals surface area contributed by atoms with Gasteiger partial charge in [-0.25, -0.2) is 9.78 Å². The zero-order chi connectivity index (χ0) is 17.8. The summed E-state index contributed by atoms with van der Waals surface area (Å²) in [5.41, 5.74) is 1.39. The first kappa shape index (κ1) is 17.4. The molecule has 0 aliphatic rings. The molecule has 2 heterocycles. The molecular weight excluding hydrogens is 408 g/mol. The van der Waals surface area contributed by atoms with Gasteiger partial charge in [-0.15, -0.1) is 0 Å². The van der Waals surface area contributed by atoms with E-state index in [1.807, 2.05) is 24.3 Å². The van der Waals surface area contributed by atoms with Crippen LogP contribution in [0.3, 0.4) is 0 Å².